The summed E-state index contributed by atoms with van der Waals surface area (Å²) in [4.78, 5) is 28.7. The number of likely N-dealkylation sites (tertiary alicyclic amines) is 1. The van der Waals surface area contributed by atoms with Gasteiger partial charge >= 0.3 is 0 Å². The predicted molar refractivity (Wildman–Crippen MR) is 163 cm³/mol. The van der Waals surface area contributed by atoms with Crippen molar-refractivity contribution in [1.29, 1.82) is 0 Å². The third-order valence-corrected chi connectivity index (χ3v) is 8.22. The molecule has 208 valence electrons. The van der Waals surface area contributed by atoms with Gasteiger partial charge in [-0.25, -0.2) is 18.7 Å². The van der Waals surface area contributed by atoms with Crippen LogP contribution in [0.25, 0.3) is 11.3 Å². The summed E-state index contributed by atoms with van der Waals surface area (Å²) in [5, 5.41) is 3.21. The average molecular weight is 664 g/mol. The van der Waals surface area contributed by atoms with E-state index in [9.17, 15) is 13.6 Å². The minimum absolute atomic E-state index is 0.0123. The second-order valence-corrected chi connectivity index (χ2v) is 11.9. The lowest BCUT2D eigenvalue weighted by molar-refractivity contribution is 0.0681. The summed E-state index contributed by atoms with van der Waals surface area (Å²) in [6.45, 7) is 3.48. The van der Waals surface area contributed by atoms with Crippen molar-refractivity contribution in [3.8, 4) is 11.3 Å². The molecular weight excluding hydrogens is 637 g/mol. The van der Waals surface area contributed by atoms with Crippen molar-refractivity contribution >= 4 is 45.8 Å². The molecule has 6 rings (SSSR count). The Bertz CT molecular complexity index is 1660. The van der Waals surface area contributed by atoms with Crippen molar-refractivity contribution in [3.63, 3.8) is 0 Å². The van der Waals surface area contributed by atoms with Crippen LogP contribution in [-0.4, -0.2) is 45.1 Å². The summed E-state index contributed by atoms with van der Waals surface area (Å²) >= 11 is 2.17. The van der Waals surface area contributed by atoms with Crippen LogP contribution >= 0.6 is 22.6 Å². The number of rotatable bonds is 4. The number of nitrogens with one attached hydrogen (secondary N) is 1. The lowest BCUT2D eigenvalue weighted by Crippen LogP contribution is -2.49. The third-order valence-electron chi connectivity index (χ3n) is 7.54. The Morgan fingerprint density at radius 1 is 1.02 bits per heavy atom. The Morgan fingerprint density at radius 3 is 2.44 bits per heavy atom. The Hall–Kier alpha value is -3.77. The number of anilines is 2. The first-order valence-electron chi connectivity index (χ1n) is 13.3. The Balaban J connectivity index is 1.27. The summed E-state index contributed by atoms with van der Waals surface area (Å²) in [7, 11) is 0. The summed E-state index contributed by atoms with van der Waals surface area (Å²) < 4.78 is 30.5. The molecule has 1 aromatic heterocycles. The second kappa shape index (κ2) is 10.9. The fourth-order valence-corrected chi connectivity index (χ4v) is 5.64. The maximum Gasteiger partial charge on any atom is 0.253 e. The molecule has 3 heterocycles. The first-order valence-corrected chi connectivity index (χ1v) is 14.4. The van der Waals surface area contributed by atoms with Crippen LogP contribution in [0.3, 0.4) is 0 Å². The molecule has 1 saturated heterocycles. The molecule has 3 aromatic carbocycles. The quantitative estimate of drug-likeness (QED) is 0.258. The standard InChI is InChI=1S/C31H27F2IN6O/c1-31(35)11-13-40(14-12-31)29(41)18-5-8-21(9-6-18)38-30-37-17-19-16-36-28(26-24(32)3-2-4-25(26)33)23-15-20(34)7-10-22(23)27(19)39-30/h2-10,15,17H,11-14,16,35H2,1H3,(H,37,38,39). The molecule has 41 heavy (non-hydrogen) atoms. The van der Waals surface area contributed by atoms with Crippen molar-refractivity contribution < 1.29 is 13.6 Å². The van der Waals surface area contributed by atoms with Crippen LogP contribution < -0.4 is 11.1 Å². The van der Waals surface area contributed by atoms with Gasteiger partial charge in [0.25, 0.3) is 5.91 Å². The fraction of sp³-hybridized carbons (Fsp3) is 0.226. The van der Waals surface area contributed by atoms with Gasteiger partial charge in [-0.1, -0.05) is 12.1 Å². The molecule has 0 saturated carbocycles. The predicted octanol–water partition coefficient (Wildman–Crippen LogP) is 6.07. The van der Waals surface area contributed by atoms with Gasteiger partial charge in [-0.2, -0.15) is 0 Å². The van der Waals surface area contributed by atoms with Crippen LogP contribution in [0.15, 0.2) is 71.9 Å². The molecule has 3 N–H and O–H groups in total. The van der Waals surface area contributed by atoms with Gasteiger partial charge in [-0.05, 0) is 90.9 Å². The number of hydrogen-bond donors (Lipinski definition) is 2. The summed E-state index contributed by atoms with van der Waals surface area (Å²) in [6, 6.07) is 16.7. The van der Waals surface area contributed by atoms with E-state index in [1.807, 2.05) is 42.2 Å². The zero-order valence-electron chi connectivity index (χ0n) is 22.3. The van der Waals surface area contributed by atoms with Crippen LogP contribution in [-0.2, 0) is 6.54 Å². The molecule has 0 spiro atoms. The number of carbonyl (C=O) groups excluding carboxylic acids is 1. The maximum atomic E-state index is 14.8. The van der Waals surface area contributed by atoms with Gasteiger partial charge in [-0.15, -0.1) is 0 Å². The normalized spacial score (nSPS) is 15.8. The van der Waals surface area contributed by atoms with E-state index in [1.165, 1.54) is 18.2 Å². The molecule has 0 unspecified atom stereocenters. The van der Waals surface area contributed by atoms with Crippen molar-refractivity contribution in [2.24, 2.45) is 10.7 Å². The molecule has 2 aliphatic heterocycles. The molecule has 7 nitrogen and oxygen atoms in total. The van der Waals surface area contributed by atoms with Gasteiger partial charge in [0, 0.05) is 56.3 Å². The SMILES string of the molecule is CC1(N)CCN(C(=O)c2ccc(Nc3ncc4c(n3)-c3ccc(I)cc3C(c3c(F)cccc3F)=NC4)cc2)CC1. The first kappa shape index (κ1) is 27.4. The highest BCUT2D eigenvalue weighted by atomic mass is 127. The summed E-state index contributed by atoms with van der Waals surface area (Å²) in [5.41, 5.74) is 10.1. The van der Waals surface area contributed by atoms with Crippen LogP contribution in [0.1, 0.15) is 46.8 Å². The first-order chi connectivity index (χ1) is 19.7. The van der Waals surface area contributed by atoms with Crippen molar-refractivity contribution in [2.75, 3.05) is 18.4 Å². The van der Waals surface area contributed by atoms with E-state index >= 15 is 0 Å². The van der Waals surface area contributed by atoms with Gasteiger partial charge in [-0.3, -0.25) is 9.79 Å². The zero-order valence-corrected chi connectivity index (χ0v) is 24.5. The number of nitrogens with zero attached hydrogens (tertiary/aromatic N) is 4. The molecule has 0 atom stereocenters. The number of hydrogen-bond acceptors (Lipinski definition) is 6. The topological polar surface area (TPSA) is 96.5 Å². The Kier molecular flexibility index (Phi) is 7.28. The largest absolute Gasteiger partial charge is 0.339 e. The van der Waals surface area contributed by atoms with Crippen LogP contribution in [0, 0.1) is 15.2 Å². The van der Waals surface area contributed by atoms with Crippen molar-refractivity contribution in [3.05, 3.63) is 104 Å². The lowest BCUT2D eigenvalue weighted by atomic mass is 9.91. The third kappa shape index (κ3) is 5.58. The number of amides is 1. The van der Waals surface area contributed by atoms with Crippen LogP contribution in [0.2, 0.25) is 0 Å². The monoisotopic (exact) mass is 664 g/mol. The van der Waals surface area contributed by atoms with Crippen LogP contribution in [0.4, 0.5) is 20.4 Å². The van der Waals surface area contributed by atoms with E-state index < -0.39 is 11.6 Å². The minimum atomic E-state index is -0.673. The van der Waals surface area contributed by atoms with Gasteiger partial charge in [0.1, 0.15) is 11.6 Å². The van der Waals surface area contributed by atoms with Crippen LogP contribution in [0.5, 0.6) is 0 Å². The molecule has 1 amide bonds. The number of nitrogens with two attached hydrogens (primary N) is 1. The number of fused-ring (bicyclic) bond motifs is 3. The Morgan fingerprint density at radius 2 is 1.73 bits per heavy atom. The molecule has 0 bridgehead atoms. The lowest BCUT2D eigenvalue weighted by Gasteiger charge is -2.36. The highest BCUT2D eigenvalue weighted by Gasteiger charge is 2.29. The molecule has 1 fully saturated rings. The molecule has 4 aromatic rings. The molecular formula is C31H27F2IN6O. The number of carbonyl (C=O) groups is 1. The second-order valence-electron chi connectivity index (χ2n) is 10.7. The fourth-order valence-electron chi connectivity index (χ4n) is 5.15. The molecule has 10 heteroatoms. The van der Waals surface area contributed by atoms with Gasteiger partial charge in [0.05, 0.1) is 23.5 Å². The van der Waals surface area contributed by atoms with E-state index in [-0.39, 0.29) is 29.3 Å². The molecule has 0 aliphatic carbocycles. The van der Waals surface area contributed by atoms with E-state index in [1.54, 1.807) is 18.3 Å². The van der Waals surface area contributed by atoms with Crippen molar-refractivity contribution in [2.45, 2.75) is 31.8 Å². The smallest absolute Gasteiger partial charge is 0.253 e. The number of aromatic nitrogens is 2. The summed E-state index contributed by atoms with van der Waals surface area (Å²) in [6.07, 6.45) is 3.23. The van der Waals surface area contributed by atoms with Gasteiger partial charge in [0.15, 0.2) is 0 Å². The average Bonchev–Trinajstić information content (AvgIpc) is 3.10. The van der Waals surface area contributed by atoms with E-state index in [0.29, 0.717) is 41.4 Å². The minimum Gasteiger partial charge on any atom is -0.339 e. The van der Waals surface area contributed by atoms with E-state index in [4.69, 9.17) is 10.7 Å². The van der Waals surface area contributed by atoms with Crippen molar-refractivity contribution in [1.82, 2.24) is 14.9 Å². The Labute approximate surface area is 250 Å². The van der Waals surface area contributed by atoms with Gasteiger partial charge in [0.2, 0.25) is 5.95 Å². The zero-order chi connectivity index (χ0) is 28.7. The van der Waals surface area contributed by atoms with Gasteiger partial charge < -0.3 is 16.0 Å². The summed E-state index contributed by atoms with van der Waals surface area (Å²) in [5.74, 6) is -1.01. The maximum absolute atomic E-state index is 14.8. The number of aliphatic imine (C=N–C) groups is 1. The highest BCUT2D eigenvalue weighted by Crippen LogP contribution is 2.34. The number of halogens is 3. The van der Waals surface area contributed by atoms with E-state index in [2.05, 4.69) is 37.9 Å². The highest BCUT2D eigenvalue weighted by molar-refractivity contribution is 14.1. The molecule has 0 radical (unpaired) electrons. The molecule has 2 aliphatic rings. The number of benzene rings is 3. The number of piperidine rings is 1. The van der Waals surface area contributed by atoms with E-state index in [0.717, 1.165) is 27.7 Å².